The van der Waals surface area contributed by atoms with E-state index in [4.69, 9.17) is 4.98 Å². The number of hydrogen-bond donors (Lipinski definition) is 0. The molecule has 0 spiro atoms. The van der Waals surface area contributed by atoms with Gasteiger partial charge < -0.3 is 4.90 Å². The Labute approximate surface area is 175 Å². The first kappa shape index (κ1) is 18.6. The molecular weight excluding hydrogens is 380 g/mol. The molecule has 5 nitrogen and oxygen atoms in total. The van der Waals surface area contributed by atoms with Gasteiger partial charge in [-0.05, 0) is 23.8 Å². The highest BCUT2D eigenvalue weighted by atomic mass is 32.2. The predicted molar refractivity (Wildman–Crippen MR) is 118 cm³/mol. The lowest BCUT2D eigenvalue weighted by molar-refractivity contribution is -0.120. The van der Waals surface area contributed by atoms with Crippen LogP contribution in [0.5, 0.6) is 0 Å². The van der Waals surface area contributed by atoms with Crippen LogP contribution < -0.4 is 4.90 Å². The molecule has 3 aromatic rings. The van der Waals surface area contributed by atoms with Crippen LogP contribution in [0.3, 0.4) is 0 Å². The first-order valence-electron chi connectivity index (χ1n) is 10.2. The molecule has 2 aromatic carbocycles. The first-order chi connectivity index (χ1) is 14.3. The second-order valence-electron chi connectivity index (χ2n) is 7.66. The summed E-state index contributed by atoms with van der Waals surface area (Å²) in [5.41, 5.74) is 3.09. The van der Waals surface area contributed by atoms with Crippen molar-refractivity contribution >= 4 is 34.4 Å². The maximum Gasteiger partial charge on any atom is 0.147 e. The fraction of sp³-hybridized carbons (Fsp3) is 0.348. The molecule has 29 heavy (non-hydrogen) atoms. The number of rotatable bonds is 5. The third-order valence-electron chi connectivity index (χ3n) is 5.90. The Morgan fingerprint density at radius 3 is 2.62 bits per heavy atom. The van der Waals surface area contributed by atoms with Crippen molar-refractivity contribution in [3.63, 3.8) is 0 Å². The number of piperazine rings is 1. The van der Waals surface area contributed by atoms with Gasteiger partial charge in [0.05, 0.1) is 23.1 Å². The minimum absolute atomic E-state index is 0.0744. The summed E-state index contributed by atoms with van der Waals surface area (Å²) in [5, 5.41) is 0. The Kier molecular flexibility index (Phi) is 5.21. The van der Waals surface area contributed by atoms with Crippen LogP contribution in [0, 0.1) is 0 Å². The second-order valence-corrected chi connectivity index (χ2v) is 8.73. The number of anilines is 1. The average molecular weight is 405 g/mol. The molecule has 148 valence electrons. The minimum Gasteiger partial charge on any atom is -0.353 e. The highest BCUT2D eigenvalue weighted by Gasteiger charge is 2.29. The van der Waals surface area contributed by atoms with E-state index in [1.54, 1.807) is 0 Å². The average Bonchev–Trinajstić information content (AvgIpc) is 3.22. The lowest BCUT2D eigenvalue weighted by atomic mass is 9.95. The number of para-hydroxylation sites is 2. The molecule has 6 heteroatoms. The van der Waals surface area contributed by atoms with E-state index in [9.17, 15) is 4.79 Å². The molecule has 0 radical (unpaired) electrons. The van der Waals surface area contributed by atoms with Gasteiger partial charge in [-0.1, -0.05) is 30.3 Å². The lowest BCUT2D eigenvalue weighted by Crippen LogP contribution is -2.47. The summed E-state index contributed by atoms with van der Waals surface area (Å²) in [5.74, 6) is 2.29. The van der Waals surface area contributed by atoms with Crippen molar-refractivity contribution < 1.29 is 4.79 Å². The third kappa shape index (κ3) is 3.87. The van der Waals surface area contributed by atoms with Crippen molar-refractivity contribution in [1.29, 1.82) is 0 Å². The Morgan fingerprint density at radius 2 is 1.76 bits per heavy atom. The van der Waals surface area contributed by atoms with Gasteiger partial charge in [0, 0.05) is 49.8 Å². The quantitative estimate of drug-likeness (QED) is 0.648. The van der Waals surface area contributed by atoms with Crippen LogP contribution in [-0.4, -0.2) is 59.1 Å². The minimum atomic E-state index is 0.0744. The van der Waals surface area contributed by atoms with E-state index in [1.165, 1.54) is 10.5 Å². The van der Waals surface area contributed by atoms with Crippen LogP contribution >= 0.6 is 11.8 Å². The van der Waals surface area contributed by atoms with Crippen molar-refractivity contribution in [2.24, 2.45) is 0 Å². The smallest absolute Gasteiger partial charge is 0.147 e. The maximum atomic E-state index is 12.8. The molecule has 1 fully saturated rings. The van der Waals surface area contributed by atoms with E-state index < -0.39 is 0 Å². The first-order valence-corrected chi connectivity index (χ1v) is 11.2. The Balaban J connectivity index is 1.15. The zero-order valence-corrected chi connectivity index (χ0v) is 17.1. The van der Waals surface area contributed by atoms with Crippen LogP contribution in [0.25, 0.3) is 11.0 Å². The number of fused-ring (bicyclic) bond motifs is 2. The maximum absolute atomic E-state index is 12.8. The number of Topliss-reactive ketones (excluding diaryl/α,β-unsaturated/α-hetero) is 1. The van der Waals surface area contributed by atoms with Gasteiger partial charge in [-0.2, -0.15) is 0 Å². The monoisotopic (exact) mass is 404 g/mol. The summed E-state index contributed by atoms with van der Waals surface area (Å²) in [4.78, 5) is 28.1. The zero-order valence-electron chi connectivity index (χ0n) is 16.3. The topological polar surface area (TPSA) is 49.3 Å². The van der Waals surface area contributed by atoms with Crippen LogP contribution in [-0.2, 0) is 4.79 Å². The number of aromatic nitrogens is 2. The molecule has 5 rings (SSSR count). The van der Waals surface area contributed by atoms with Crippen molar-refractivity contribution in [1.82, 2.24) is 14.9 Å². The number of nitrogens with zero attached hydrogens (tertiary/aromatic N) is 4. The number of hydrogen-bond acceptors (Lipinski definition) is 6. The van der Waals surface area contributed by atoms with Crippen LogP contribution in [0.4, 0.5) is 5.82 Å². The Morgan fingerprint density at radius 1 is 1.00 bits per heavy atom. The zero-order chi connectivity index (χ0) is 19.6. The largest absolute Gasteiger partial charge is 0.353 e. The molecule has 0 bridgehead atoms. The standard InChI is InChI=1S/C23H24N4OS/c28-21(18-16-29-22-8-4-1-5-17(18)22)9-10-26-11-13-27(14-12-26)23-15-24-19-6-2-3-7-20(19)25-23/h1-8,15,18H,9-14,16H2. The second kappa shape index (κ2) is 8.13. The van der Waals surface area contributed by atoms with Crippen molar-refractivity contribution in [3.05, 3.63) is 60.3 Å². The van der Waals surface area contributed by atoms with E-state index in [0.717, 1.165) is 55.3 Å². The van der Waals surface area contributed by atoms with Gasteiger partial charge in [0.2, 0.25) is 0 Å². The van der Waals surface area contributed by atoms with Crippen LogP contribution in [0.15, 0.2) is 59.6 Å². The molecule has 1 aromatic heterocycles. The van der Waals surface area contributed by atoms with Crippen LogP contribution in [0.1, 0.15) is 17.9 Å². The predicted octanol–water partition coefficient (Wildman–Crippen LogP) is 3.60. The fourth-order valence-corrected chi connectivity index (χ4v) is 5.44. The Bertz CT molecular complexity index is 1030. The lowest BCUT2D eigenvalue weighted by Gasteiger charge is -2.35. The molecule has 2 aliphatic heterocycles. The number of ketones is 1. The molecule has 1 unspecified atom stereocenters. The van der Waals surface area contributed by atoms with Crippen LogP contribution in [0.2, 0.25) is 0 Å². The van der Waals surface area contributed by atoms with Crippen molar-refractivity contribution in [2.75, 3.05) is 43.4 Å². The number of carbonyl (C=O) groups excluding carboxylic acids is 1. The van der Waals surface area contributed by atoms with Gasteiger partial charge in [-0.25, -0.2) is 4.98 Å². The molecule has 1 saturated heterocycles. The van der Waals surface area contributed by atoms with Gasteiger partial charge in [-0.3, -0.25) is 14.7 Å². The van der Waals surface area contributed by atoms with E-state index in [0.29, 0.717) is 12.2 Å². The summed E-state index contributed by atoms with van der Waals surface area (Å²) in [6.45, 7) is 4.60. The number of benzene rings is 2. The molecule has 3 heterocycles. The summed E-state index contributed by atoms with van der Waals surface area (Å²) < 4.78 is 0. The van der Waals surface area contributed by atoms with E-state index in [2.05, 4.69) is 33.0 Å². The molecule has 0 aliphatic carbocycles. The molecule has 0 saturated carbocycles. The molecule has 0 amide bonds. The van der Waals surface area contributed by atoms with E-state index in [-0.39, 0.29) is 5.92 Å². The number of thioether (sulfide) groups is 1. The van der Waals surface area contributed by atoms with Crippen molar-refractivity contribution in [3.8, 4) is 0 Å². The summed E-state index contributed by atoms with van der Waals surface area (Å²) in [6.07, 6.45) is 2.51. The van der Waals surface area contributed by atoms with E-state index >= 15 is 0 Å². The van der Waals surface area contributed by atoms with Gasteiger partial charge in [0.1, 0.15) is 11.6 Å². The number of carbonyl (C=O) groups is 1. The SMILES string of the molecule is O=C(CCN1CCN(c2cnc3ccccc3n2)CC1)C1CSc2ccccc21. The van der Waals surface area contributed by atoms with Gasteiger partial charge in [-0.15, -0.1) is 11.8 Å². The summed E-state index contributed by atoms with van der Waals surface area (Å²) in [7, 11) is 0. The van der Waals surface area contributed by atoms with Crippen molar-refractivity contribution in [2.45, 2.75) is 17.2 Å². The fourth-order valence-electron chi connectivity index (χ4n) is 4.17. The molecule has 2 aliphatic rings. The molecule has 0 N–H and O–H groups in total. The molecular formula is C23H24N4OS. The Hall–Kier alpha value is -2.44. The van der Waals surface area contributed by atoms with Gasteiger partial charge in [0.25, 0.3) is 0 Å². The summed E-state index contributed by atoms with van der Waals surface area (Å²) >= 11 is 1.81. The van der Waals surface area contributed by atoms with Gasteiger partial charge in [0.15, 0.2) is 0 Å². The normalized spacial score (nSPS) is 19.4. The van der Waals surface area contributed by atoms with E-state index in [1.807, 2.05) is 48.3 Å². The highest BCUT2D eigenvalue weighted by Crippen LogP contribution is 2.40. The summed E-state index contributed by atoms with van der Waals surface area (Å²) in [6, 6.07) is 16.3. The third-order valence-corrected chi connectivity index (χ3v) is 7.08. The molecule has 1 atom stereocenters. The highest BCUT2D eigenvalue weighted by molar-refractivity contribution is 7.99. The van der Waals surface area contributed by atoms with Gasteiger partial charge >= 0.3 is 0 Å².